The van der Waals surface area contributed by atoms with E-state index in [1.165, 1.54) is 13.3 Å². The fourth-order valence-corrected chi connectivity index (χ4v) is 3.47. The lowest BCUT2D eigenvalue weighted by Crippen LogP contribution is -2.13. The van der Waals surface area contributed by atoms with Crippen molar-refractivity contribution in [3.05, 3.63) is 60.0 Å². The Balaban J connectivity index is 1.91. The van der Waals surface area contributed by atoms with Crippen molar-refractivity contribution in [1.29, 1.82) is 0 Å². The largest absolute Gasteiger partial charge is 0.495 e. The molecule has 0 saturated carbocycles. The molecule has 0 aliphatic rings. The van der Waals surface area contributed by atoms with Crippen molar-refractivity contribution in [2.24, 2.45) is 0 Å². The third kappa shape index (κ3) is 5.73. The SMILES string of the molecule is COc1cc(P(C)(C)=O)ccc1Nc1ncc(C(F)(F)F)c(OCc2cccnc2)n1. The van der Waals surface area contributed by atoms with Crippen LogP contribution in [0, 0.1) is 0 Å². The minimum atomic E-state index is -4.69. The van der Waals surface area contributed by atoms with Crippen LogP contribution in [0.3, 0.4) is 0 Å². The summed E-state index contributed by atoms with van der Waals surface area (Å²) in [5, 5.41) is 3.42. The predicted octanol–water partition coefficient (Wildman–Crippen LogP) is 4.47. The molecule has 0 spiro atoms. The molecule has 0 atom stereocenters. The highest BCUT2D eigenvalue weighted by Gasteiger charge is 2.36. The van der Waals surface area contributed by atoms with E-state index >= 15 is 0 Å². The Hall–Kier alpha value is -3.13. The molecule has 0 fully saturated rings. The first kappa shape index (κ1) is 22.6. The zero-order valence-corrected chi connectivity index (χ0v) is 17.9. The van der Waals surface area contributed by atoms with Crippen molar-refractivity contribution in [3.63, 3.8) is 0 Å². The molecule has 0 amide bonds. The number of hydrogen-bond acceptors (Lipinski definition) is 7. The summed E-state index contributed by atoms with van der Waals surface area (Å²) in [4.78, 5) is 11.6. The number of aromatic nitrogens is 3. The van der Waals surface area contributed by atoms with Crippen LogP contribution in [0.4, 0.5) is 24.8 Å². The average molecular weight is 452 g/mol. The van der Waals surface area contributed by atoms with E-state index in [0.717, 1.165) is 0 Å². The normalized spacial score (nSPS) is 11.8. The average Bonchev–Trinajstić information content (AvgIpc) is 2.72. The topological polar surface area (TPSA) is 86.2 Å². The van der Waals surface area contributed by atoms with Gasteiger partial charge >= 0.3 is 6.18 Å². The number of nitrogens with zero attached hydrogens (tertiary/aromatic N) is 3. The summed E-state index contributed by atoms with van der Waals surface area (Å²) in [5.74, 6) is -0.379. The van der Waals surface area contributed by atoms with Crippen molar-refractivity contribution < 1.29 is 27.2 Å². The summed E-state index contributed by atoms with van der Waals surface area (Å²) in [6.07, 6.45) is -1.00. The maximum atomic E-state index is 13.4. The number of nitrogens with one attached hydrogen (secondary N) is 1. The van der Waals surface area contributed by atoms with Gasteiger partial charge in [-0.1, -0.05) is 6.07 Å². The number of methoxy groups -OCH3 is 1. The summed E-state index contributed by atoms with van der Waals surface area (Å²) in [6.45, 7) is 3.10. The van der Waals surface area contributed by atoms with Crippen LogP contribution in [0.1, 0.15) is 11.1 Å². The molecular formula is C20H20F3N4O3P. The number of benzene rings is 1. The molecule has 2 aromatic heterocycles. The minimum absolute atomic E-state index is 0.114. The Bertz CT molecular complexity index is 1100. The van der Waals surface area contributed by atoms with E-state index < -0.39 is 24.8 Å². The number of hydrogen-bond donors (Lipinski definition) is 1. The van der Waals surface area contributed by atoms with Gasteiger partial charge in [-0.2, -0.15) is 18.2 Å². The second kappa shape index (κ2) is 8.93. The van der Waals surface area contributed by atoms with Gasteiger partial charge in [-0.25, -0.2) is 4.98 Å². The third-order valence-corrected chi connectivity index (χ3v) is 5.73. The van der Waals surface area contributed by atoms with Crippen LogP contribution >= 0.6 is 7.14 Å². The van der Waals surface area contributed by atoms with Crippen molar-refractivity contribution in [3.8, 4) is 11.6 Å². The molecule has 1 aromatic carbocycles. The molecule has 2 heterocycles. The van der Waals surface area contributed by atoms with Crippen LogP contribution in [-0.2, 0) is 17.3 Å². The summed E-state index contributed by atoms with van der Waals surface area (Å²) in [5.41, 5.74) is -0.107. The number of rotatable bonds is 7. The fraction of sp³-hybridized carbons (Fsp3) is 0.250. The Morgan fingerprint density at radius 2 is 1.94 bits per heavy atom. The lowest BCUT2D eigenvalue weighted by Gasteiger charge is -2.16. The van der Waals surface area contributed by atoms with Crippen LogP contribution in [0.2, 0.25) is 0 Å². The van der Waals surface area contributed by atoms with Gasteiger partial charge in [0.15, 0.2) is 0 Å². The molecular weight excluding hydrogens is 432 g/mol. The van der Waals surface area contributed by atoms with Gasteiger partial charge < -0.3 is 19.4 Å². The monoisotopic (exact) mass is 452 g/mol. The van der Waals surface area contributed by atoms with E-state index in [1.54, 1.807) is 49.9 Å². The Morgan fingerprint density at radius 1 is 1.16 bits per heavy atom. The van der Waals surface area contributed by atoms with Crippen molar-refractivity contribution in [2.45, 2.75) is 12.8 Å². The highest BCUT2D eigenvalue weighted by Crippen LogP contribution is 2.39. The number of alkyl halides is 3. The van der Waals surface area contributed by atoms with Gasteiger partial charge in [0, 0.05) is 29.5 Å². The molecule has 0 aliphatic heterocycles. The van der Waals surface area contributed by atoms with Gasteiger partial charge in [-0.05, 0) is 37.6 Å². The Kier molecular flexibility index (Phi) is 6.50. The first-order valence-electron chi connectivity index (χ1n) is 9.04. The van der Waals surface area contributed by atoms with Gasteiger partial charge in [0.25, 0.3) is 0 Å². The molecule has 0 saturated heterocycles. The lowest BCUT2D eigenvalue weighted by atomic mass is 10.3. The summed E-state index contributed by atoms with van der Waals surface area (Å²) in [6, 6.07) is 8.18. The molecule has 3 rings (SSSR count). The third-order valence-electron chi connectivity index (χ3n) is 4.21. The molecule has 31 heavy (non-hydrogen) atoms. The van der Waals surface area contributed by atoms with Gasteiger partial charge in [-0.15, -0.1) is 0 Å². The number of halogens is 3. The van der Waals surface area contributed by atoms with Crippen molar-refractivity contribution >= 4 is 24.1 Å². The van der Waals surface area contributed by atoms with Crippen LogP contribution in [0.15, 0.2) is 48.9 Å². The second-order valence-electron chi connectivity index (χ2n) is 6.92. The predicted molar refractivity (Wildman–Crippen MR) is 111 cm³/mol. The van der Waals surface area contributed by atoms with Crippen molar-refractivity contribution in [2.75, 3.05) is 25.8 Å². The molecule has 0 aliphatic carbocycles. The fourth-order valence-electron chi connectivity index (χ4n) is 2.60. The maximum absolute atomic E-state index is 13.4. The molecule has 3 aromatic rings. The van der Waals surface area contributed by atoms with Gasteiger partial charge in [0.05, 0.1) is 12.8 Å². The lowest BCUT2D eigenvalue weighted by molar-refractivity contribution is -0.139. The number of pyridine rings is 1. The van der Waals surface area contributed by atoms with Gasteiger partial charge in [0.2, 0.25) is 11.8 Å². The highest BCUT2D eigenvalue weighted by atomic mass is 31.2. The van der Waals surface area contributed by atoms with Crippen LogP contribution < -0.4 is 20.1 Å². The van der Waals surface area contributed by atoms with E-state index in [2.05, 4.69) is 20.3 Å². The van der Waals surface area contributed by atoms with Gasteiger partial charge in [0.1, 0.15) is 25.1 Å². The van der Waals surface area contributed by atoms with E-state index in [4.69, 9.17) is 9.47 Å². The molecule has 0 unspecified atom stereocenters. The summed E-state index contributed by atoms with van der Waals surface area (Å²) >= 11 is 0. The molecule has 1 N–H and O–H groups in total. The molecule has 0 radical (unpaired) electrons. The van der Waals surface area contributed by atoms with E-state index in [0.29, 0.717) is 28.5 Å². The quantitative estimate of drug-likeness (QED) is 0.530. The smallest absolute Gasteiger partial charge is 0.423 e. The Labute approximate surface area is 177 Å². The van der Waals surface area contributed by atoms with E-state index in [9.17, 15) is 17.7 Å². The van der Waals surface area contributed by atoms with Gasteiger partial charge in [-0.3, -0.25) is 4.98 Å². The Morgan fingerprint density at radius 3 is 2.55 bits per heavy atom. The standard InChI is InChI=1S/C20H20F3N4O3P/c1-29-17-9-14(31(2,3)28)6-7-16(17)26-19-25-11-15(20(21,22)23)18(27-19)30-12-13-5-4-8-24-10-13/h4-11H,12H2,1-3H3,(H,25,26,27). The first-order valence-corrected chi connectivity index (χ1v) is 11.6. The molecule has 0 bridgehead atoms. The second-order valence-corrected chi connectivity index (χ2v) is 10.1. The number of ether oxygens (including phenoxy) is 2. The number of anilines is 2. The minimum Gasteiger partial charge on any atom is -0.495 e. The molecule has 7 nitrogen and oxygen atoms in total. The van der Waals surface area contributed by atoms with E-state index in [-0.39, 0.29) is 12.6 Å². The highest BCUT2D eigenvalue weighted by molar-refractivity contribution is 7.70. The zero-order valence-electron chi connectivity index (χ0n) is 17.0. The van der Waals surface area contributed by atoms with E-state index in [1.807, 2.05) is 0 Å². The summed E-state index contributed by atoms with van der Waals surface area (Å²) < 4.78 is 63.0. The maximum Gasteiger partial charge on any atom is 0.423 e. The van der Waals surface area contributed by atoms with Crippen LogP contribution in [0.25, 0.3) is 0 Å². The first-order chi connectivity index (χ1) is 14.6. The van der Waals surface area contributed by atoms with Crippen molar-refractivity contribution in [1.82, 2.24) is 15.0 Å². The van der Waals surface area contributed by atoms with Crippen LogP contribution in [0.5, 0.6) is 11.6 Å². The molecule has 164 valence electrons. The van der Waals surface area contributed by atoms with Crippen LogP contribution in [-0.4, -0.2) is 35.4 Å². The summed E-state index contributed by atoms with van der Waals surface area (Å²) in [7, 11) is -1.09. The zero-order chi connectivity index (χ0) is 22.6. The molecule has 11 heteroatoms.